The molecular formula is C20H18N4O2. The molecule has 6 nitrogen and oxygen atoms in total. The van der Waals surface area contributed by atoms with Crippen LogP contribution in [0.4, 0.5) is 11.4 Å². The van der Waals surface area contributed by atoms with Crippen LogP contribution in [0.15, 0.2) is 48.6 Å². The zero-order chi connectivity index (χ0) is 18.8. The molecule has 2 aromatic rings. The lowest BCUT2D eigenvalue weighted by atomic mass is 9.95. The summed E-state index contributed by atoms with van der Waals surface area (Å²) in [5.74, 6) is -0.352. The number of anilines is 2. The highest BCUT2D eigenvalue weighted by atomic mass is 16.2. The van der Waals surface area contributed by atoms with Gasteiger partial charge in [0.15, 0.2) is 0 Å². The predicted molar refractivity (Wildman–Crippen MR) is 100 cm³/mol. The van der Waals surface area contributed by atoms with Gasteiger partial charge in [-0.2, -0.15) is 5.26 Å². The van der Waals surface area contributed by atoms with Crippen LogP contribution in [-0.2, 0) is 11.3 Å². The molecule has 0 saturated carbocycles. The maximum Gasteiger partial charge on any atom is 0.256 e. The van der Waals surface area contributed by atoms with Gasteiger partial charge in [-0.25, -0.2) is 0 Å². The van der Waals surface area contributed by atoms with Gasteiger partial charge in [-0.15, -0.1) is 0 Å². The van der Waals surface area contributed by atoms with Gasteiger partial charge >= 0.3 is 0 Å². The number of carbonyl (C=O) groups excluding carboxylic acids is 2. The van der Waals surface area contributed by atoms with E-state index in [-0.39, 0.29) is 18.4 Å². The summed E-state index contributed by atoms with van der Waals surface area (Å²) >= 11 is 0. The minimum Gasteiger partial charge on any atom is -0.398 e. The maximum atomic E-state index is 12.7. The average molecular weight is 346 g/mol. The van der Waals surface area contributed by atoms with Crippen LogP contribution in [0.2, 0.25) is 0 Å². The van der Waals surface area contributed by atoms with Crippen LogP contribution in [0, 0.1) is 11.3 Å². The molecule has 1 heterocycles. The summed E-state index contributed by atoms with van der Waals surface area (Å²) in [6.45, 7) is 5.64. The number of hydrogen-bond acceptors (Lipinski definition) is 4. The molecular weight excluding hydrogens is 328 g/mol. The summed E-state index contributed by atoms with van der Waals surface area (Å²) in [6.07, 6.45) is 0. The average Bonchev–Trinajstić information content (AvgIpc) is 2.92. The van der Waals surface area contributed by atoms with Crippen LogP contribution < -0.4 is 11.1 Å². The van der Waals surface area contributed by atoms with Crippen LogP contribution in [0.1, 0.15) is 22.8 Å². The number of nitrogens with zero attached hydrogens (tertiary/aromatic N) is 2. The van der Waals surface area contributed by atoms with Gasteiger partial charge < -0.3 is 16.0 Å². The Bertz CT molecular complexity index is 972. The Labute approximate surface area is 151 Å². The normalized spacial score (nSPS) is 12.5. The van der Waals surface area contributed by atoms with Crippen molar-refractivity contribution in [2.75, 3.05) is 17.6 Å². The number of hydrogen-bond donors (Lipinski definition) is 2. The van der Waals surface area contributed by atoms with Crippen LogP contribution in [0.3, 0.4) is 0 Å². The van der Waals surface area contributed by atoms with E-state index in [9.17, 15) is 9.59 Å². The van der Waals surface area contributed by atoms with E-state index < -0.39 is 0 Å². The van der Waals surface area contributed by atoms with Crippen LogP contribution in [0.5, 0.6) is 0 Å². The number of amides is 2. The van der Waals surface area contributed by atoms with E-state index in [0.29, 0.717) is 29.1 Å². The van der Waals surface area contributed by atoms with Crippen LogP contribution in [0.25, 0.3) is 11.1 Å². The van der Waals surface area contributed by atoms with E-state index in [0.717, 1.165) is 16.7 Å². The Morgan fingerprint density at radius 3 is 2.85 bits per heavy atom. The second kappa shape index (κ2) is 6.73. The fraction of sp³-hybridized carbons (Fsp3) is 0.150. The molecule has 0 fully saturated rings. The summed E-state index contributed by atoms with van der Waals surface area (Å²) in [5.41, 5.74) is 10.5. The van der Waals surface area contributed by atoms with Crippen molar-refractivity contribution in [1.82, 2.24) is 4.90 Å². The van der Waals surface area contributed by atoms with Gasteiger partial charge in [0, 0.05) is 30.4 Å². The number of nitrogen functional groups attached to an aromatic ring is 1. The molecule has 0 bridgehead atoms. The molecule has 1 aliphatic rings. The van der Waals surface area contributed by atoms with Gasteiger partial charge in [-0.3, -0.25) is 9.59 Å². The Morgan fingerprint density at radius 2 is 2.15 bits per heavy atom. The number of nitrogens with two attached hydrogens (primary N) is 1. The summed E-state index contributed by atoms with van der Waals surface area (Å²) < 4.78 is 0. The van der Waals surface area contributed by atoms with Crippen molar-refractivity contribution >= 4 is 23.2 Å². The largest absolute Gasteiger partial charge is 0.398 e. The molecule has 130 valence electrons. The van der Waals surface area contributed by atoms with E-state index in [1.807, 2.05) is 30.3 Å². The first-order valence-corrected chi connectivity index (χ1v) is 8.07. The fourth-order valence-corrected chi connectivity index (χ4v) is 3.14. The highest BCUT2D eigenvalue weighted by Crippen LogP contribution is 2.36. The molecule has 0 unspecified atom stereocenters. The van der Waals surface area contributed by atoms with Crippen molar-refractivity contribution in [2.24, 2.45) is 0 Å². The SMILES string of the molecule is C=C(C#N)CN1Cc2c(-c3cccc(NC(C)=O)c3)ccc(N)c2C1=O. The smallest absolute Gasteiger partial charge is 0.256 e. The molecule has 1 aliphatic heterocycles. The third-order valence-electron chi connectivity index (χ3n) is 4.23. The molecule has 2 amide bonds. The fourth-order valence-electron chi connectivity index (χ4n) is 3.14. The lowest BCUT2D eigenvalue weighted by Gasteiger charge is -2.14. The van der Waals surface area contributed by atoms with Crippen molar-refractivity contribution in [3.05, 3.63) is 59.7 Å². The maximum absolute atomic E-state index is 12.7. The second-order valence-electron chi connectivity index (χ2n) is 6.19. The third kappa shape index (κ3) is 3.15. The molecule has 0 aromatic heterocycles. The Kier molecular flexibility index (Phi) is 4.46. The Hall–Kier alpha value is -3.59. The van der Waals surface area contributed by atoms with E-state index in [1.54, 1.807) is 17.0 Å². The number of rotatable bonds is 4. The van der Waals surface area contributed by atoms with Gasteiger partial charge in [-0.05, 0) is 34.9 Å². The zero-order valence-corrected chi connectivity index (χ0v) is 14.4. The van der Waals surface area contributed by atoms with Crippen molar-refractivity contribution in [2.45, 2.75) is 13.5 Å². The first kappa shape index (κ1) is 17.2. The first-order valence-electron chi connectivity index (χ1n) is 8.07. The van der Waals surface area contributed by atoms with Crippen molar-refractivity contribution < 1.29 is 9.59 Å². The van der Waals surface area contributed by atoms with Crippen molar-refractivity contribution in [3.63, 3.8) is 0 Å². The monoisotopic (exact) mass is 346 g/mol. The summed E-state index contributed by atoms with van der Waals surface area (Å²) in [5, 5.41) is 11.7. The van der Waals surface area contributed by atoms with E-state index in [1.165, 1.54) is 6.92 Å². The predicted octanol–water partition coefficient (Wildman–Crippen LogP) is 2.93. The molecule has 2 aromatic carbocycles. The van der Waals surface area contributed by atoms with Gasteiger partial charge in [0.1, 0.15) is 0 Å². The molecule has 6 heteroatoms. The number of fused-ring (bicyclic) bond motifs is 1. The summed E-state index contributed by atoms with van der Waals surface area (Å²) in [4.78, 5) is 25.6. The molecule has 0 radical (unpaired) electrons. The van der Waals surface area contributed by atoms with E-state index in [4.69, 9.17) is 11.0 Å². The highest BCUT2D eigenvalue weighted by molar-refractivity contribution is 6.05. The molecule has 26 heavy (non-hydrogen) atoms. The van der Waals surface area contributed by atoms with Gasteiger partial charge in [0.25, 0.3) is 5.91 Å². The van der Waals surface area contributed by atoms with Gasteiger partial charge in [0.05, 0.1) is 18.2 Å². The standard InChI is InChI=1S/C20H18N4O2/c1-12(9-21)10-24-11-17-16(6-7-18(22)19(17)20(24)26)14-4-3-5-15(8-14)23-13(2)25/h3-8H,1,10-11,22H2,2H3,(H,23,25). The molecule has 3 rings (SSSR count). The molecule has 0 spiro atoms. The number of carbonyl (C=O) groups is 2. The number of benzene rings is 2. The minimum absolute atomic E-state index is 0.152. The van der Waals surface area contributed by atoms with Crippen LogP contribution >= 0.6 is 0 Å². The van der Waals surface area contributed by atoms with E-state index >= 15 is 0 Å². The Balaban J connectivity index is 2.03. The van der Waals surface area contributed by atoms with Gasteiger partial charge in [-0.1, -0.05) is 24.8 Å². The molecule has 3 N–H and O–H groups in total. The van der Waals surface area contributed by atoms with E-state index in [2.05, 4.69) is 11.9 Å². The van der Waals surface area contributed by atoms with Crippen molar-refractivity contribution in [1.29, 1.82) is 5.26 Å². The molecule has 0 aliphatic carbocycles. The number of nitriles is 1. The topological polar surface area (TPSA) is 99.2 Å². The third-order valence-corrected chi connectivity index (χ3v) is 4.23. The lowest BCUT2D eigenvalue weighted by molar-refractivity contribution is -0.114. The zero-order valence-electron chi connectivity index (χ0n) is 14.4. The molecule has 0 saturated heterocycles. The second-order valence-corrected chi connectivity index (χ2v) is 6.19. The first-order chi connectivity index (χ1) is 12.4. The molecule has 0 atom stereocenters. The van der Waals surface area contributed by atoms with Crippen molar-refractivity contribution in [3.8, 4) is 17.2 Å². The number of nitrogens with one attached hydrogen (secondary N) is 1. The van der Waals surface area contributed by atoms with Crippen LogP contribution in [-0.4, -0.2) is 23.3 Å². The highest BCUT2D eigenvalue weighted by Gasteiger charge is 2.32. The minimum atomic E-state index is -0.200. The summed E-state index contributed by atoms with van der Waals surface area (Å²) in [7, 11) is 0. The quantitative estimate of drug-likeness (QED) is 0.657. The Morgan fingerprint density at radius 1 is 1.38 bits per heavy atom. The summed E-state index contributed by atoms with van der Waals surface area (Å²) in [6, 6.07) is 13.0. The lowest BCUT2D eigenvalue weighted by Crippen LogP contribution is -2.26. The van der Waals surface area contributed by atoms with Gasteiger partial charge in [0.2, 0.25) is 5.91 Å².